The van der Waals surface area contributed by atoms with Crippen molar-refractivity contribution in [2.75, 3.05) is 17.2 Å². The normalized spacial score (nSPS) is 16.0. The minimum Gasteiger partial charge on any atom is -0.329 e. The van der Waals surface area contributed by atoms with Crippen LogP contribution in [0.15, 0.2) is 18.2 Å². The highest BCUT2D eigenvalue weighted by Gasteiger charge is 2.42. The highest BCUT2D eigenvalue weighted by molar-refractivity contribution is 5.98. The number of carbonyl (C=O) groups is 2. The molecule has 1 fully saturated rings. The van der Waals surface area contributed by atoms with E-state index in [0.29, 0.717) is 13.0 Å². The summed E-state index contributed by atoms with van der Waals surface area (Å²) in [5.74, 6) is -0.0580. The number of rotatable bonds is 5. The van der Waals surface area contributed by atoms with E-state index in [0.717, 1.165) is 36.2 Å². The van der Waals surface area contributed by atoms with E-state index in [4.69, 9.17) is 5.73 Å². The van der Waals surface area contributed by atoms with Gasteiger partial charge in [0.2, 0.25) is 11.8 Å². The average molecular weight is 289 g/mol. The Kier molecular flexibility index (Phi) is 4.63. The predicted molar refractivity (Wildman–Crippen MR) is 84.1 cm³/mol. The van der Waals surface area contributed by atoms with Crippen molar-refractivity contribution in [3.63, 3.8) is 0 Å². The monoisotopic (exact) mass is 289 g/mol. The van der Waals surface area contributed by atoms with Gasteiger partial charge in [-0.2, -0.15) is 0 Å². The third kappa shape index (κ3) is 3.08. The topological polar surface area (TPSA) is 84.2 Å². The third-order valence-electron chi connectivity index (χ3n) is 4.36. The van der Waals surface area contributed by atoms with Gasteiger partial charge in [-0.3, -0.25) is 9.59 Å². The molecule has 1 aromatic rings. The fourth-order valence-electron chi connectivity index (χ4n) is 2.53. The van der Waals surface area contributed by atoms with Crippen molar-refractivity contribution < 1.29 is 9.59 Å². The lowest BCUT2D eigenvalue weighted by Gasteiger charge is -2.39. The highest BCUT2D eigenvalue weighted by Crippen LogP contribution is 2.41. The van der Waals surface area contributed by atoms with Gasteiger partial charge in [-0.25, -0.2) is 0 Å². The fraction of sp³-hybridized carbons (Fsp3) is 0.500. The summed E-state index contributed by atoms with van der Waals surface area (Å²) in [6.07, 6.45) is 3.17. The van der Waals surface area contributed by atoms with E-state index in [9.17, 15) is 9.59 Å². The van der Waals surface area contributed by atoms with Crippen molar-refractivity contribution in [3.8, 4) is 0 Å². The van der Waals surface area contributed by atoms with Crippen LogP contribution in [0.3, 0.4) is 0 Å². The zero-order valence-electron chi connectivity index (χ0n) is 12.7. The first-order valence-corrected chi connectivity index (χ1v) is 7.43. The summed E-state index contributed by atoms with van der Waals surface area (Å²) in [6, 6.07) is 5.50. The highest BCUT2D eigenvalue weighted by atomic mass is 16.2. The van der Waals surface area contributed by atoms with Crippen LogP contribution in [0, 0.1) is 12.3 Å². The van der Waals surface area contributed by atoms with Gasteiger partial charge in [0.1, 0.15) is 0 Å². The summed E-state index contributed by atoms with van der Waals surface area (Å²) in [7, 11) is 0. The maximum atomic E-state index is 12.4. The van der Waals surface area contributed by atoms with E-state index in [1.807, 2.05) is 25.1 Å². The number of nitrogens with two attached hydrogens (primary N) is 1. The van der Waals surface area contributed by atoms with E-state index in [-0.39, 0.29) is 11.8 Å². The van der Waals surface area contributed by atoms with Crippen LogP contribution in [0.25, 0.3) is 0 Å². The van der Waals surface area contributed by atoms with Crippen LogP contribution < -0.4 is 16.4 Å². The fourth-order valence-corrected chi connectivity index (χ4v) is 2.53. The molecule has 4 N–H and O–H groups in total. The Hall–Kier alpha value is -1.88. The van der Waals surface area contributed by atoms with Crippen molar-refractivity contribution in [1.29, 1.82) is 0 Å². The molecule has 114 valence electrons. The Bertz CT molecular complexity index is 545. The van der Waals surface area contributed by atoms with Gasteiger partial charge in [0.25, 0.3) is 0 Å². The zero-order chi connectivity index (χ0) is 15.5. The van der Waals surface area contributed by atoms with Crippen LogP contribution in [-0.2, 0) is 9.59 Å². The number of nitrogens with one attached hydrogen (secondary N) is 2. The first-order chi connectivity index (χ1) is 10.0. The van der Waals surface area contributed by atoms with Crippen molar-refractivity contribution in [2.45, 2.75) is 39.5 Å². The first-order valence-electron chi connectivity index (χ1n) is 7.43. The molecule has 1 aliphatic carbocycles. The number of hydrogen-bond acceptors (Lipinski definition) is 3. The SMILES string of the molecule is CCC(=O)Nc1cccc(NC(=O)C2(CN)CCC2)c1C. The second kappa shape index (κ2) is 6.26. The Morgan fingerprint density at radius 3 is 2.33 bits per heavy atom. The summed E-state index contributed by atoms with van der Waals surface area (Å²) >= 11 is 0. The smallest absolute Gasteiger partial charge is 0.231 e. The minimum absolute atomic E-state index is 0.0154. The number of hydrogen-bond donors (Lipinski definition) is 3. The molecule has 0 aliphatic heterocycles. The predicted octanol–water partition coefficient (Wildman–Crippen LogP) is 2.41. The van der Waals surface area contributed by atoms with E-state index in [1.54, 1.807) is 6.92 Å². The van der Waals surface area contributed by atoms with Gasteiger partial charge in [0.05, 0.1) is 5.41 Å². The van der Waals surface area contributed by atoms with Crippen LogP contribution in [0.4, 0.5) is 11.4 Å². The second-order valence-electron chi connectivity index (χ2n) is 5.67. The van der Waals surface area contributed by atoms with E-state index < -0.39 is 5.41 Å². The quantitative estimate of drug-likeness (QED) is 0.778. The van der Waals surface area contributed by atoms with Gasteiger partial charge in [-0.05, 0) is 37.5 Å². The van der Waals surface area contributed by atoms with Crippen molar-refractivity contribution in [1.82, 2.24) is 0 Å². The number of benzene rings is 1. The summed E-state index contributed by atoms with van der Waals surface area (Å²) in [6.45, 7) is 4.07. The van der Waals surface area contributed by atoms with Gasteiger partial charge in [0.15, 0.2) is 0 Å². The summed E-state index contributed by atoms with van der Waals surface area (Å²) in [5, 5.41) is 5.80. The van der Waals surface area contributed by atoms with Crippen molar-refractivity contribution >= 4 is 23.2 Å². The molecular weight excluding hydrogens is 266 g/mol. The molecule has 0 atom stereocenters. The van der Waals surface area contributed by atoms with E-state index >= 15 is 0 Å². The average Bonchev–Trinajstić information content (AvgIpc) is 2.42. The molecule has 1 saturated carbocycles. The number of amides is 2. The third-order valence-corrected chi connectivity index (χ3v) is 4.36. The largest absolute Gasteiger partial charge is 0.329 e. The molecule has 2 rings (SSSR count). The maximum Gasteiger partial charge on any atom is 0.231 e. The molecule has 0 unspecified atom stereocenters. The Labute approximate surface area is 125 Å². The Morgan fingerprint density at radius 2 is 1.86 bits per heavy atom. The van der Waals surface area contributed by atoms with Crippen LogP contribution in [-0.4, -0.2) is 18.4 Å². The standard InChI is InChI=1S/C16H23N3O2/c1-3-14(20)18-12-6-4-7-13(11(12)2)19-15(21)16(10-17)8-5-9-16/h4,6-7H,3,5,8-10,17H2,1-2H3,(H,18,20)(H,19,21). The minimum atomic E-state index is -0.408. The van der Waals surface area contributed by atoms with Gasteiger partial charge in [-0.15, -0.1) is 0 Å². The molecule has 1 aromatic carbocycles. The zero-order valence-corrected chi connectivity index (χ0v) is 12.7. The first kappa shape index (κ1) is 15.5. The second-order valence-corrected chi connectivity index (χ2v) is 5.67. The maximum absolute atomic E-state index is 12.4. The van der Waals surface area contributed by atoms with E-state index in [2.05, 4.69) is 10.6 Å². The number of anilines is 2. The lowest BCUT2D eigenvalue weighted by atomic mass is 9.68. The summed E-state index contributed by atoms with van der Waals surface area (Å²) in [5.41, 5.74) is 7.67. The van der Waals surface area contributed by atoms with Gasteiger partial charge in [-0.1, -0.05) is 19.4 Å². The Morgan fingerprint density at radius 1 is 1.24 bits per heavy atom. The van der Waals surface area contributed by atoms with E-state index in [1.165, 1.54) is 0 Å². The number of carbonyl (C=O) groups excluding carboxylic acids is 2. The summed E-state index contributed by atoms with van der Waals surface area (Å²) < 4.78 is 0. The summed E-state index contributed by atoms with van der Waals surface area (Å²) in [4.78, 5) is 23.9. The lowest BCUT2D eigenvalue weighted by molar-refractivity contribution is -0.129. The van der Waals surface area contributed by atoms with Gasteiger partial charge in [0, 0.05) is 24.3 Å². The van der Waals surface area contributed by atoms with Crippen molar-refractivity contribution in [3.05, 3.63) is 23.8 Å². The molecule has 5 heteroatoms. The molecule has 0 aromatic heterocycles. The van der Waals surface area contributed by atoms with Crippen molar-refractivity contribution in [2.24, 2.45) is 11.1 Å². The van der Waals surface area contributed by atoms with Gasteiger partial charge >= 0.3 is 0 Å². The van der Waals surface area contributed by atoms with Gasteiger partial charge < -0.3 is 16.4 Å². The molecule has 0 bridgehead atoms. The molecule has 0 heterocycles. The van der Waals surface area contributed by atoms with Crippen LogP contribution in [0.2, 0.25) is 0 Å². The molecule has 0 spiro atoms. The molecule has 1 aliphatic rings. The molecule has 21 heavy (non-hydrogen) atoms. The van der Waals surface area contributed by atoms with Crippen LogP contribution in [0.5, 0.6) is 0 Å². The molecule has 2 amide bonds. The molecular formula is C16H23N3O2. The van der Waals surface area contributed by atoms with Crippen LogP contribution >= 0.6 is 0 Å². The molecule has 0 saturated heterocycles. The molecule has 5 nitrogen and oxygen atoms in total. The molecule has 0 radical (unpaired) electrons. The Balaban J connectivity index is 2.15. The van der Waals surface area contributed by atoms with Crippen LogP contribution in [0.1, 0.15) is 38.2 Å². The lowest BCUT2D eigenvalue weighted by Crippen LogP contribution is -2.47.